The standard InChI is InChI=1S/C22H24N2O3/c1-22(2,3)21(26)23-15-8-11-19-17(12-15)18(25)13-20(27-19)14-6-9-16(10-7-14)24(4)5/h6-13H,1-5H3,(H,23,26). The molecule has 0 aliphatic carbocycles. The highest BCUT2D eigenvalue weighted by Crippen LogP contribution is 2.26. The number of benzene rings is 2. The van der Waals surface area contributed by atoms with Crippen LogP contribution in [0.4, 0.5) is 11.4 Å². The van der Waals surface area contributed by atoms with Crippen LogP contribution in [0.15, 0.2) is 57.7 Å². The van der Waals surface area contributed by atoms with E-state index in [9.17, 15) is 9.59 Å². The lowest BCUT2D eigenvalue weighted by Gasteiger charge is -2.17. The Morgan fingerprint density at radius 3 is 2.26 bits per heavy atom. The Hall–Kier alpha value is -3.08. The summed E-state index contributed by atoms with van der Waals surface area (Å²) in [6.45, 7) is 5.52. The molecule has 140 valence electrons. The van der Waals surface area contributed by atoms with Crippen LogP contribution in [0.2, 0.25) is 0 Å². The van der Waals surface area contributed by atoms with Crippen LogP contribution in [0.1, 0.15) is 20.8 Å². The Labute approximate surface area is 158 Å². The van der Waals surface area contributed by atoms with E-state index in [1.807, 2.05) is 64.0 Å². The molecule has 0 fully saturated rings. The molecule has 0 atom stereocenters. The largest absolute Gasteiger partial charge is 0.456 e. The molecular weight excluding hydrogens is 340 g/mol. The normalized spacial score (nSPS) is 11.4. The predicted octanol–water partition coefficient (Wildman–Crippen LogP) is 4.51. The molecule has 1 heterocycles. The summed E-state index contributed by atoms with van der Waals surface area (Å²) in [6, 6.07) is 14.4. The molecule has 5 heteroatoms. The molecule has 3 aromatic rings. The van der Waals surface area contributed by atoms with E-state index < -0.39 is 5.41 Å². The van der Waals surface area contributed by atoms with E-state index in [-0.39, 0.29) is 11.3 Å². The molecule has 3 rings (SSSR count). The van der Waals surface area contributed by atoms with Crippen LogP contribution < -0.4 is 15.6 Å². The van der Waals surface area contributed by atoms with Gasteiger partial charge in [-0.25, -0.2) is 0 Å². The molecule has 0 aliphatic rings. The number of carbonyl (C=O) groups is 1. The summed E-state index contributed by atoms with van der Waals surface area (Å²) in [5, 5.41) is 3.28. The third-order valence-corrected chi connectivity index (χ3v) is 4.33. The van der Waals surface area contributed by atoms with Crippen LogP contribution in [0.5, 0.6) is 0 Å². The van der Waals surface area contributed by atoms with Crippen molar-refractivity contribution in [1.29, 1.82) is 0 Å². The Morgan fingerprint density at radius 1 is 1.00 bits per heavy atom. The second-order valence-electron chi connectivity index (χ2n) is 7.83. The first kappa shape index (κ1) is 18.7. The molecule has 0 spiro atoms. The molecule has 5 nitrogen and oxygen atoms in total. The minimum atomic E-state index is -0.512. The summed E-state index contributed by atoms with van der Waals surface area (Å²) in [6.07, 6.45) is 0. The van der Waals surface area contributed by atoms with Gasteiger partial charge in [-0.2, -0.15) is 0 Å². The van der Waals surface area contributed by atoms with E-state index in [4.69, 9.17) is 4.42 Å². The maximum absolute atomic E-state index is 12.6. The molecule has 0 radical (unpaired) electrons. The summed E-state index contributed by atoms with van der Waals surface area (Å²) < 4.78 is 5.93. The van der Waals surface area contributed by atoms with Crippen molar-refractivity contribution in [3.8, 4) is 11.3 Å². The van der Waals surface area contributed by atoms with E-state index in [0.717, 1.165) is 11.3 Å². The zero-order chi connectivity index (χ0) is 19.8. The van der Waals surface area contributed by atoms with Gasteiger partial charge >= 0.3 is 0 Å². The van der Waals surface area contributed by atoms with Crippen LogP contribution >= 0.6 is 0 Å². The second kappa shape index (κ2) is 6.91. The molecule has 27 heavy (non-hydrogen) atoms. The van der Waals surface area contributed by atoms with Crippen molar-refractivity contribution in [3.63, 3.8) is 0 Å². The van der Waals surface area contributed by atoms with Gasteiger partial charge in [0.1, 0.15) is 11.3 Å². The summed E-state index contributed by atoms with van der Waals surface area (Å²) in [5.41, 5.74) is 2.32. The van der Waals surface area contributed by atoms with E-state index in [1.54, 1.807) is 18.2 Å². The summed E-state index contributed by atoms with van der Waals surface area (Å²) in [7, 11) is 3.95. The number of nitrogens with one attached hydrogen (secondary N) is 1. The van der Waals surface area contributed by atoms with Crippen LogP contribution in [-0.2, 0) is 4.79 Å². The third-order valence-electron chi connectivity index (χ3n) is 4.33. The van der Waals surface area contributed by atoms with E-state index >= 15 is 0 Å². The van der Waals surface area contributed by atoms with Gasteiger partial charge in [0, 0.05) is 42.5 Å². The molecule has 0 saturated carbocycles. The fourth-order valence-corrected chi connectivity index (χ4v) is 2.62. The van der Waals surface area contributed by atoms with Crippen molar-refractivity contribution in [3.05, 3.63) is 58.8 Å². The number of carbonyl (C=O) groups excluding carboxylic acids is 1. The van der Waals surface area contributed by atoms with Gasteiger partial charge in [0.15, 0.2) is 5.43 Å². The third kappa shape index (κ3) is 4.03. The predicted molar refractivity (Wildman–Crippen MR) is 110 cm³/mol. The minimum absolute atomic E-state index is 0.108. The van der Waals surface area contributed by atoms with Crippen molar-refractivity contribution in [2.75, 3.05) is 24.3 Å². The van der Waals surface area contributed by atoms with Crippen LogP contribution in [-0.4, -0.2) is 20.0 Å². The lowest BCUT2D eigenvalue weighted by molar-refractivity contribution is -0.123. The maximum Gasteiger partial charge on any atom is 0.229 e. The first-order valence-corrected chi connectivity index (χ1v) is 8.82. The quantitative estimate of drug-likeness (QED) is 0.743. The van der Waals surface area contributed by atoms with Crippen LogP contribution in [0.3, 0.4) is 0 Å². The Balaban J connectivity index is 1.97. The van der Waals surface area contributed by atoms with Gasteiger partial charge in [-0.3, -0.25) is 9.59 Å². The van der Waals surface area contributed by atoms with Gasteiger partial charge in [-0.1, -0.05) is 20.8 Å². The number of amides is 1. The lowest BCUT2D eigenvalue weighted by Crippen LogP contribution is -2.27. The number of fused-ring (bicyclic) bond motifs is 1. The van der Waals surface area contributed by atoms with Gasteiger partial charge in [-0.05, 0) is 42.5 Å². The molecule has 1 amide bonds. The van der Waals surface area contributed by atoms with Gasteiger partial charge < -0.3 is 14.6 Å². The van der Waals surface area contributed by atoms with Gasteiger partial charge in [0.05, 0.1) is 5.39 Å². The minimum Gasteiger partial charge on any atom is -0.456 e. The second-order valence-corrected chi connectivity index (χ2v) is 7.83. The summed E-state index contributed by atoms with van der Waals surface area (Å²) in [5.74, 6) is 0.410. The highest BCUT2D eigenvalue weighted by molar-refractivity contribution is 5.96. The lowest BCUT2D eigenvalue weighted by atomic mass is 9.95. The zero-order valence-corrected chi connectivity index (χ0v) is 16.3. The van der Waals surface area contributed by atoms with Crippen LogP contribution in [0, 0.1) is 5.41 Å². The van der Waals surface area contributed by atoms with Crippen molar-refractivity contribution < 1.29 is 9.21 Å². The van der Waals surface area contributed by atoms with Gasteiger partial charge in [0.25, 0.3) is 0 Å². The molecule has 0 bridgehead atoms. The van der Waals surface area contributed by atoms with Crippen molar-refractivity contribution in [2.45, 2.75) is 20.8 Å². The number of nitrogens with zero attached hydrogens (tertiary/aromatic N) is 1. The van der Waals surface area contributed by atoms with Crippen molar-refractivity contribution in [2.24, 2.45) is 5.41 Å². The highest BCUT2D eigenvalue weighted by atomic mass is 16.3. The van der Waals surface area contributed by atoms with Crippen molar-refractivity contribution >= 4 is 28.3 Å². The number of anilines is 2. The SMILES string of the molecule is CN(C)c1ccc(-c2cc(=O)c3cc(NC(=O)C(C)(C)C)ccc3o2)cc1. The van der Waals surface area contributed by atoms with Gasteiger partial charge in [-0.15, -0.1) is 0 Å². The Kier molecular flexibility index (Phi) is 4.79. The molecule has 1 N–H and O–H groups in total. The fraction of sp³-hybridized carbons (Fsp3) is 0.273. The molecule has 0 aliphatic heterocycles. The highest BCUT2D eigenvalue weighted by Gasteiger charge is 2.21. The molecule has 0 unspecified atom stereocenters. The Bertz CT molecular complexity index is 1040. The van der Waals surface area contributed by atoms with Crippen LogP contribution in [0.25, 0.3) is 22.3 Å². The molecule has 1 aromatic heterocycles. The summed E-state index contributed by atoms with van der Waals surface area (Å²) in [4.78, 5) is 26.8. The number of rotatable bonds is 3. The molecular formula is C22H24N2O3. The first-order chi connectivity index (χ1) is 12.6. The monoisotopic (exact) mass is 364 g/mol. The average molecular weight is 364 g/mol. The summed E-state index contributed by atoms with van der Waals surface area (Å²) >= 11 is 0. The van der Waals surface area contributed by atoms with Crippen molar-refractivity contribution in [1.82, 2.24) is 0 Å². The number of hydrogen-bond acceptors (Lipinski definition) is 4. The fourth-order valence-electron chi connectivity index (χ4n) is 2.62. The average Bonchev–Trinajstić information content (AvgIpc) is 2.61. The smallest absolute Gasteiger partial charge is 0.229 e. The zero-order valence-electron chi connectivity index (χ0n) is 16.3. The molecule has 2 aromatic carbocycles. The van der Waals surface area contributed by atoms with Gasteiger partial charge in [0.2, 0.25) is 5.91 Å². The van der Waals surface area contributed by atoms with E-state index in [2.05, 4.69) is 5.32 Å². The Morgan fingerprint density at radius 2 is 1.67 bits per heavy atom. The van der Waals surface area contributed by atoms with E-state index in [0.29, 0.717) is 22.4 Å². The molecule has 0 saturated heterocycles. The van der Waals surface area contributed by atoms with E-state index in [1.165, 1.54) is 6.07 Å². The topological polar surface area (TPSA) is 62.6 Å². The number of hydrogen-bond donors (Lipinski definition) is 1. The maximum atomic E-state index is 12.6. The first-order valence-electron chi connectivity index (χ1n) is 8.82.